The number of aromatic carboxylic acids is 1. The van der Waals surface area contributed by atoms with E-state index in [1.54, 1.807) is 0 Å². The van der Waals surface area contributed by atoms with Crippen molar-refractivity contribution in [2.75, 3.05) is 11.9 Å². The standard InChI is InChI=1S/C11H15N3O5/c1-2-3-7(15)5-12-9-6-13-10(14(18)19)4-8(9)11(16)17/h4,6-7,12,15H,2-3,5H2,1H3,(H,16,17). The van der Waals surface area contributed by atoms with E-state index in [-0.39, 0.29) is 17.8 Å². The number of carbonyl (C=O) groups is 1. The van der Waals surface area contributed by atoms with Gasteiger partial charge in [-0.25, -0.2) is 4.79 Å². The Morgan fingerprint density at radius 1 is 1.63 bits per heavy atom. The van der Waals surface area contributed by atoms with Gasteiger partial charge in [-0.05, 0) is 16.3 Å². The van der Waals surface area contributed by atoms with Crippen molar-refractivity contribution < 1.29 is 19.9 Å². The van der Waals surface area contributed by atoms with E-state index in [0.29, 0.717) is 6.42 Å². The number of pyridine rings is 1. The van der Waals surface area contributed by atoms with E-state index in [4.69, 9.17) is 5.11 Å². The lowest BCUT2D eigenvalue weighted by molar-refractivity contribution is -0.389. The van der Waals surface area contributed by atoms with E-state index >= 15 is 0 Å². The molecule has 0 spiro atoms. The first-order valence-electron chi connectivity index (χ1n) is 5.75. The number of rotatable bonds is 7. The second-order valence-electron chi connectivity index (χ2n) is 3.97. The Balaban J connectivity index is 2.88. The summed E-state index contributed by atoms with van der Waals surface area (Å²) in [5, 5.41) is 31.8. The SMILES string of the molecule is CCCC(O)CNc1cnc([N+](=O)[O-])cc1C(=O)O. The molecule has 19 heavy (non-hydrogen) atoms. The molecule has 0 fully saturated rings. The maximum atomic E-state index is 11.0. The largest absolute Gasteiger partial charge is 0.478 e. The predicted octanol–water partition coefficient (Wildman–Crippen LogP) is 1.26. The summed E-state index contributed by atoms with van der Waals surface area (Å²) in [5.74, 6) is -1.82. The molecule has 8 heteroatoms. The van der Waals surface area contributed by atoms with Gasteiger partial charge >= 0.3 is 11.8 Å². The predicted molar refractivity (Wildman–Crippen MR) is 67.3 cm³/mol. The molecule has 3 N–H and O–H groups in total. The van der Waals surface area contributed by atoms with Gasteiger partial charge in [-0.3, -0.25) is 0 Å². The summed E-state index contributed by atoms with van der Waals surface area (Å²) in [6.45, 7) is 2.08. The van der Waals surface area contributed by atoms with Crippen molar-refractivity contribution in [3.63, 3.8) is 0 Å². The van der Waals surface area contributed by atoms with E-state index < -0.39 is 22.8 Å². The Kier molecular flexibility index (Phi) is 5.19. The summed E-state index contributed by atoms with van der Waals surface area (Å²) >= 11 is 0. The van der Waals surface area contributed by atoms with Crippen LogP contribution in [0.15, 0.2) is 12.3 Å². The highest BCUT2D eigenvalue weighted by molar-refractivity contribution is 5.94. The Morgan fingerprint density at radius 3 is 2.84 bits per heavy atom. The normalized spacial score (nSPS) is 11.9. The van der Waals surface area contributed by atoms with E-state index in [1.807, 2.05) is 6.92 Å². The van der Waals surface area contributed by atoms with Crippen LogP contribution in [0.4, 0.5) is 11.5 Å². The molecule has 1 rings (SSSR count). The summed E-state index contributed by atoms with van der Waals surface area (Å²) in [6.07, 6.45) is 1.85. The monoisotopic (exact) mass is 269 g/mol. The Hall–Kier alpha value is -2.22. The number of hydrogen-bond acceptors (Lipinski definition) is 6. The average molecular weight is 269 g/mol. The summed E-state index contributed by atoms with van der Waals surface area (Å²) in [6, 6.07) is 0.886. The van der Waals surface area contributed by atoms with Crippen LogP contribution in [0.5, 0.6) is 0 Å². The molecule has 1 heterocycles. The quantitative estimate of drug-likeness (QED) is 0.502. The second kappa shape index (κ2) is 6.64. The van der Waals surface area contributed by atoms with Gasteiger partial charge in [-0.2, -0.15) is 0 Å². The van der Waals surface area contributed by atoms with Crippen LogP contribution in [-0.2, 0) is 0 Å². The fourth-order valence-electron chi connectivity index (χ4n) is 1.53. The van der Waals surface area contributed by atoms with Gasteiger partial charge in [0.15, 0.2) is 6.20 Å². The number of carboxylic acid groups (broad SMARTS) is 1. The van der Waals surface area contributed by atoms with Crippen molar-refractivity contribution in [1.29, 1.82) is 0 Å². The van der Waals surface area contributed by atoms with Crippen LogP contribution in [-0.4, -0.2) is 38.7 Å². The molecule has 1 unspecified atom stereocenters. The molecule has 0 aromatic carbocycles. The van der Waals surface area contributed by atoms with Crippen molar-refractivity contribution in [2.45, 2.75) is 25.9 Å². The molecule has 0 aliphatic rings. The number of aromatic nitrogens is 1. The third-order valence-corrected chi connectivity index (χ3v) is 2.46. The number of aliphatic hydroxyl groups excluding tert-OH is 1. The van der Waals surface area contributed by atoms with Gasteiger partial charge in [0.1, 0.15) is 0 Å². The molecule has 1 atom stereocenters. The number of nitrogens with one attached hydrogen (secondary N) is 1. The van der Waals surface area contributed by atoms with Crippen molar-refractivity contribution in [2.24, 2.45) is 0 Å². The smallest absolute Gasteiger partial charge is 0.364 e. The molecular weight excluding hydrogens is 254 g/mol. The minimum Gasteiger partial charge on any atom is -0.478 e. The van der Waals surface area contributed by atoms with Gasteiger partial charge in [-0.15, -0.1) is 0 Å². The van der Waals surface area contributed by atoms with Crippen LogP contribution in [0.25, 0.3) is 0 Å². The zero-order chi connectivity index (χ0) is 14.4. The first kappa shape index (κ1) is 14.8. The number of hydrogen-bond donors (Lipinski definition) is 3. The third-order valence-electron chi connectivity index (χ3n) is 2.46. The lowest BCUT2D eigenvalue weighted by Gasteiger charge is -2.12. The maximum Gasteiger partial charge on any atom is 0.364 e. The fourth-order valence-corrected chi connectivity index (χ4v) is 1.53. The molecule has 0 radical (unpaired) electrons. The lowest BCUT2D eigenvalue weighted by atomic mass is 10.2. The molecular formula is C11H15N3O5. The van der Waals surface area contributed by atoms with Crippen LogP contribution in [0.3, 0.4) is 0 Å². The van der Waals surface area contributed by atoms with Crippen LogP contribution >= 0.6 is 0 Å². The molecule has 0 bridgehead atoms. The highest BCUT2D eigenvalue weighted by atomic mass is 16.6. The van der Waals surface area contributed by atoms with Gasteiger partial charge < -0.3 is 25.6 Å². The lowest BCUT2D eigenvalue weighted by Crippen LogP contribution is -2.20. The van der Waals surface area contributed by atoms with Gasteiger partial charge in [-0.1, -0.05) is 13.3 Å². The Bertz CT molecular complexity index is 477. The van der Waals surface area contributed by atoms with Gasteiger partial charge in [0.2, 0.25) is 0 Å². The molecule has 1 aromatic rings. The molecule has 8 nitrogen and oxygen atoms in total. The zero-order valence-corrected chi connectivity index (χ0v) is 10.4. The number of nitro groups is 1. The molecule has 0 saturated carbocycles. The molecule has 0 amide bonds. The van der Waals surface area contributed by atoms with Crippen LogP contribution in [0.1, 0.15) is 30.1 Å². The van der Waals surface area contributed by atoms with E-state index in [1.165, 1.54) is 0 Å². The number of anilines is 1. The number of carboxylic acids is 1. The molecule has 0 aliphatic heterocycles. The Morgan fingerprint density at radius 2 is 2.32 bits per heavy atom. The van der Waals surface area contributed by atoms with E-state index in [2.05, 4.69) is 10.3 Å². The first-order chi connectivity index (χ1) is 8.95. The van der Waals surface area contributed by atoms with Gasteiger partial charge in [0.25, 0.3) is 0 Å². The highest BCUT2D eigenvalue weighted by Gasteiger charge is 2.18. The summed E-state index contributed by atoms with van der Waals surface area (Å²) < 4.78 is 0. The van der Waals surface area contributed by atoms with E-state index in [9.17, 15) is 20.0 Å². The minimum absolute atomic E-state index is 0.147. The topological polar surface area (TPSA) is 126 Å². The molecule has 104 valence electrons. The zero-order valence-electron chi connectivity index (χ0n) is 10.4. The third kappa shape index (κ3) is 4.18. The van der Waals surface area contributed by atoms with Crippen LogP contribution in [0, 0.1) is 10.1 Å². The highest BCUT2D eigenvalue weighted by Crippen LogP contribution is 2.19. The molecule has 0 saturated heterocycles. The molecule has 1 aromatic heterocycles. The van der Waals surface area contributed by atoms with Gasteiger partial charge in [0.05, 0.1) is 23.4 Å². The van der Waals surface area contributed by atoms with Crippen molar-refractivity contribution in [1.82, 2.24) is 4.98 Å². The van der Waals surface area contributed by atoms with E-state index in [0.717, 1.165) is 18.7 Å². The summed E-state index contributed by atoms with van der Waals surface area (Å²) in [7, 11) is 0. The minimum atomic E-state index is -1.29. The average Bonchev–Trinajstić information content (AvgIpc) is 2.36. The van der Waals surface area contributed by atoms with Crippen LogP contribution < -0.4 is 5.32 Å². The number of aliphatic hydroxyl groups is 1. The summed E-state index contributed by atoms with van der Waals surface area (Å²) in [5.41, 5.74) is -0.0985. The van der Waals surface area contributed by atoms with Gasteiger partial charge in [0, 0.05) is 6.54 Å². The second-order valence-corrected chi connectivity index (χ2v) is 3.97. The Labute approximate surface area is 109 Å². The maximum absolute atomic E-state index is 11.0. The van der Waals surface area contributed by atoms with Crippen molar-refractivity contribution in [3.05, 3.63) is 27.9 Å². The first-order valence-corrected chi connectivity index (χ1v) is 5.75. The van der Waals surface area contributed by atoms with Crippen molar-refractivity contribution in [3.8, 4) is 0 Å². The molecule has 0 aliphatic carbocycles. The number of nitrogens with zero attached hydrogens (tertiary/aromatic N) is 2. The summed E-state index contributed by atoms with van der Waals surface area (Å²) in [4.78, 5) is 24.3. The van der Waals surface area contributed by atoms with Crippen molar-refractivity contribution >= 4 is 17.5 Å². The fraction of sp³-hybridized carbons (Fsp3) is 0.455. The van der Waals surface area contributed by atoms with Crippen LogP contribution in [0.2, 0.25) is 0 Å².